The molecule has 2 aromatic heterocycles. The van der Waals surface area contributed by atoms with Crippen LogP contribution in [0.2, 0.25) is 0 Å². The van der Waals surface area contributed by atoms with Gasteiger partial charge in [-0.25, -0.2) is 19.3 Å². The maximum absolute atomic E-state index is 13.3. The molecule has 10 heteroatoms. The van der Waals surface area contributed by atoms with Crippen LogP contribution in [-0.2, 0) is 18.9 Å². The number of fused-ring (bicyclic) bond motifs is 2. The van der Waals surface area contributed by atoms with Crippen molar-refractivity contribution >= 4 is 23.1 Å². The summed E-state index contributed by atoms with van der Waals surface area (Å²) in [5, 5.41) is 3.41. The number of halogens is 1. The highest BCUT2D eigenvalue weighted by Gasteiger charge is 2.55. The first-order valence-electron chi connectivity index (χ1n) is 11.4. The molecule has 6 rings (SSSR count). The van der Waals surface area contributed by atoms with Crippen LogP contribution in [0.1, 0.15) is 32.1 Å². The van der Waals surface area contributed by atoms with E-state index in [-0.39, 0.29) is 30.2 Å². The molecule has 0 saturated carbocycles. The maximum atomic E-state index is 13.3. The molecule has 5 atom stereocenters. The van der Waals surface area contributed by atoms with Crippen molar-refractivity contribution in [2.45, 2.75) is 56.6 Å². The Hall–Kier alpha value is -2.92. The third-order valence-corrected chi connectivity index (χ3v) is 6.32. The average Bonchev–Trinajstić information content (AvgIpc) is 3.58. The third kappa shape index (κ3) is 3.96. The van der Waals surface area contributed by atoms with E-state index in [0.717, 1.165) is 18.6 Å². The van der Waals surface area contributed by atoms with Crippen molar-refractivity contribution in [2.75, 3.05) is 18.5 Å². The Balaban J connectivity index is 1.30. The summed E-state index contributed by atoms with van der Waals surface area (Å²) in [6.07, 6.45) is 6.45. The normalized spacial score (nSPS) is 30.4. The number of nitrogens with zero attached hydrogens (tertiary/aromatic N) is 4. The average molecular weight is 468 g/mol. The van der Waals surface area contributed by atoms with Crippen molar-refractivity contribution in [1.82, 2.24) is 19.5 Å². The molecule has 5 heterocycles. The van der Waals surface area contributed by atoms with Gasteiger partial charge < -0.3 is 24.3 Å². The summed E-state index contributed by atoms with van der Waals surface area (Å²) in [5.74, 6) is -0.350. The summed E-state index contributed by atoms with van der Waals surface area (Å²) >= 11 is 0. The van der Waals surface area contributed by atoms with Crippen molar-refractivity contribution in [3.63, 3.8) is 0 Å². The van der Waals surface area contributed by atoms with E-state index >= 15 is 0 Å². The topological polar surface area (TPSA) is 92.6 Å². The number of imidazole rings is 1. The summed E-state index contributed by atoms with van der Waals surface area (Å²) < 4.78 is 39.4. The zero-order valence-corrected chi connectivity index (χ0v) is 18.9. The highest BCUT2D eigenvalue weighted by atomic mass is 19.1. The molecule has 3 aromatic rings. The molecule has 3 aliphatic heterocycles. The van der Waals surface area contributed by atoms with Crippen LogP contribution in [0.4, 0.5) is 10.2 Å². The molecule has 3 aliphatic rings. The number of hydrogen-bond donors (Lipinski definition) is 1. The number of hydrogen-bond acceptors (Lipinski definition) is 8. The lowest BCUT2D eigenvalue weighted by atomic mass is 10.1. The fourth-order valence-electron chi connectivity index (χ4n) is 4.75. The SMILES string of the molecule is CC1(C)OC2C(C=Cc3ccc(F)cc3)OC(n3cnc4c(NC5CCOC5)ncnc43)C2O1. The number of nitrogens with one attached hydrogen (secondary N) is 1. The Kier molecular flexibility index (Phi) is 5.33. The number of aromatic nitrogens is 4. The van der Waals surface area contributed by atoms with E-state index in [0.29, 0.717) is 23.6 Å². The van der Waals surface area contributed by atoms with Crippen LogP contribution >= 0.6 is 0 Å². The highest BCUT2D eigenvalue weighted by Crippen LogP contribution is 2.44. The van der Waals surface area contributed by atoms with E-state index in [1.165, 1.54) is 18.5 Å². The smallest absolute Gasteiger partial charge is 0.167 e. The third-order valence-electron chi connectivity index (χ3n) is 6.32. The second kappa shape index (κ2) is 8.38. The minimum Gasteiger partial charge on any atom is -0.379 e. The molecule has 0 radical (unpaired) electrons. The molecule has 0 bridgehead atoms. The van der Waals surface area contributed by atoms with E-state index in [1.807, 2.05) is 30.6 Å². The lowest BCUT2D eigenvalue weighted by Gasteiger charge is -2.24. The van der Waals surface area contributed by atoms with Crippen molar-refractivity contribution in [2.24, 2.45) is 0 Å². The molecule has 1 N–H and O–H groups in total. The monoisotopic (exact) mass is 467 g/mol. The molecule has 5 unspecified atom stereocenters. The van der Waals surface area contributed by atoms with Crippen LogP contribution in [0.25, 0.3) is 17.2 Å². The second-order valence-electron chi connectivity index (χ2n) is 9.22. The van der Waals surface area contributed by atoms with Crippen LogP contribution in [0.15, 0.2) is 43.0 Å². The molecule has 9 nitrogen and oxygen atoms in total. The summed E-state index contributed by atoms with van der Waals surface area (Å²) in [6.45, 7) is 5.16. The highest BCUT2D eigenvalue weighted by molar-refractivity contribution is 5.82. The van der Waals surface area contributed by atoms with E-state index in [4.69, 9.17) is 18.9 Å². The van der Waals surface area contributed by atoms with Gasteiger partial charge in [0.05, 0.1) is 19.0 Å². The van der Waals surface area contributed by atoms with Gasteiger partial charge in [-0.2, -0.15) is 0 Å². The Morgan fingerprint density at radius 3 is 2.74 bits per heavy atom. The first-order chi connectivity index (χ1) is 16.5. The first-order valence-corrected chi connectivity index (χ1v) is 11.4. The Morgan fingerprint density at radius 1 is 1.12 bits per heavy atom. The van der Waals surface area contributed by atoms with Crippen LogP contribution in [0, 0.1) is 5.82 Å². The number of rotatable bonds is 5. The van der Waals surface area contributed by atoms with Gasteiger partial charge in [-0.15, -0.1) is 0 Å². The van der Waals surface area contributed by atoms with Crippen molar-refractivity contribution in [3.05, 3.63) is 54.4 Å². The largest absolute Gasteiger partial charge is 0.379 e. The summed E-state index contributed by atoms with van der Waals surface area (Å²) in [7, 11) is 0. The summed E-state index contributed by atoms with van der Waals surface area (Å²) in [4.78, 5) is 13.5. The van der Waals surface area contributed by atoms with Gasteiger partial charge in [0.2, 0.25) is 0 Å². The van der Waals surface area contributed by atoms with Gasteiger partial charge in [-0.1, -0.05) is 24.3 Å². The lowest BCUT2D eigenvalue weighted by molar-refractivity contribution is -0.191. The predicted molar refractivity (Wildman–Crippen MR) is 121 cm³/mol. The molecular formula is C24H26FN5O4. The molecule has 0 spiro atoms. The van der Waals surface area contributed by atoms with E-state index in [1.54, 1.807) is 18.5 Å². The van der Waals surface area contributed by atoms with Gasteiger partial charge in [0.1, 0.15) is 30.5 Å². The fraction of sp³-hybridized carbons (Fsp3) is 0.458. The molecule has 1 aromatic carbocycles. The Morgan fingerprint density at radius 2 is 1.94 bits per heavy atom. The quantitative estimate of drug-likeness (QED) is 0.611. The zero-order chi connectivity index (χ0) is 23.3. The van der Waals surface area contributed by atoms with Crippen LogP contribution in [0.3, 0.4) is 0 Å². The molecule has 34 heavy (non-hydrogen) atoms. The number of benzene rings is 1. The minimum absolute atomic E-state index is 0.198. The molecule has 3 saturated heterocycles. The van der Waals surface area contributed by atoms with E-state index in [2.05, 4.69) is 20.3 Å². The molecule has 3 fully saturated rings. The van der Waals surface area contributed by atoms with Crippen LogP contribution in [-0.4, -0.2) is 62.9 Å². The standard InChI is InChI=1S/C24H26FN5O4/c1-24(2)33-19-17(8-5-14-3-6-15(25)7-4-14)32-23(20(19)34-24)30-13-28-18-21(26-12-27-22(18)30)29-16-9-10-31-11-16/h3-8,12-13,16-17,19-20,23H,9-11H2,1-2H3,(H,26,27,29). The zero-order valence-electron chi connectivity index (χ0n) is 18.9. The number of ether oxygens (including phenoxy) is 4. The summed E-state index contributed by atoms with van der Waals surface area (Å²) in [6, 6.07) is 6.49. The summed E-state index contributed by atoms with van der Waals surface area (Å²) in [5.41, 5.74) is 2.19. The van der Waals surface area contributed by atoms with Gasteiger partial charge in [0.15, 0.2) is 29.0 Å². The minimum atomic E-state index is -0.750. The van der Waals surface area contributed by atoms with Crippen molar-refractivity contribution in [1.29, 1.82) is 0 Å². The van der Waals surface area contributed by atoms with Crippen LogP contribution in [0.5, 0.6) is 0 Å². The van der Waals surface area contributed by atoms with Crippen molar-refractivity contribution < 1.29 is 23.3 Å². The molecular weight excluding hydrogens is 441 g/mol. The van der Waals surface area contributed by atoms with Crippen LogP contribution < -0.4 is 5.32 Å². The van der Waals surface area contributed by atoms with Gasteiger partial charge in [0.25, 0.3) is 0 Å². The number of anilines is 1. The lowest BCUT2D eigenvalue weighted by Crippen LogP contribution is -2.28. The first kappa shape index (κ1) is 21.6. The predicted octanol–water partition coefficient (Wildman–Crippen LogP) is 3.30. The maximum Gasteiger partial charge on any atom is 0.167 e. The fourth-order valence-corrected chi connectivity index (χ4v) is 4.75. The van der Waals surface area contributed by atoms with Crippen molar-refractivity contribution in [3.8, 4) is 0 Å². The van der Waals surface area contributed by atoms with Gasteiger partial charge in [-0.05, 0) is 38.0 Å². The van der Waals surface area contributed by atoms with Gasteiger partial charge in [0, 0.05) is 6.61 Å². The van der Waals surface area contributed by atoms with Gasteiger partial charge in [-0.3, -0.25) is 4.57 Å². The Labute approximate surface area is 195 Å². The molecule has 178 valence electrons. The molecule has 0 aliphatic carbocycles. The second-order valence-corrected chi connectivity index (χ2v) is 9.22. The Bertz CT molecular complexity index is 1210. The molecule has 0 amide bonds. The van der Waals surface area contributed by atoms with E-state index < -0.39 is 12.0 Å². The van der Waals surface area contributed by atoms with E-state index in [9.17, 15) is 4.39 Å². The van der Waals surface area contributed by atoms with Gasteiger partial charge >= 0.3 is 0 Å².